The van der Waals surface area contributed by atoms with Gasteiger partial charge in [-0.1, -0.05) is 29.8 Å². The fourth-order valence-electron chi connectivity index (χ4n) is 2.99. The van der Waals surface area contributed by atoms with Crippen molar-refractivity contribution in [2.45, 2.75) is 19.4 Å². The summed E-state index contributed by atoms with van der Waals surface area (Å²) in [4.78, 5) is 12.3. The lowest BCUT2D eigenvalue weighted by molar-refractivity contribution is 0.825. The lowest BCUT2D eigenvalue weighted by atomic mass is 10.0. The first kappa shape index (κ1) is 17.0. The van der Waals surface area contributed by atoms with Crippen LogP contribution in [0.25, 0.3) is 11.2 Å². The van der Waals surface area contributed by atoms with Crippen molar-refractivity contribution in [1.29, 1.82) is 5.26 Å². The number of aromatic nitrogens is 5. The van der Waals surface area contributed by atoms with E-state index in [0.717, 1.165) is 23.3 Å². The van der Waals surface area contributed by atoms with E-state index in [0.29, 0.717) is 16.6 Å². The van der Waals surface area contributed by atoms with E-state index in [1.165, 1.54) is 6.33 Å². The summed E-state index contributed by atoms with van der Waals surface area (Å²) in [5.74, 6) is 0.512. The fraction of sp³-hybridized carbons (Fsp3) is 0.167. The molecular weight excluding hydrogens is 364 g/mol. The van der Waals surface area contributed by atoms with Crippen LogP contribution in [0.2, 0.25) is 5.15 Å². The maximum Gasteiger partial charge on any atom is 0.155 e. The predicted octanol–water partition coefficient (Wildman–Crippen LogP) is 3.14. The number of hydrogen-bond acceptors (Lipinski definition) is 7. The average molecular weight is 379 g/mol. The molecular formula is C18H15ClN8. The number of nitrogen functional groups attached to an aromatic ring is 1. The molecule has 9 heteroatoms. The number of hydrogen-bond donors (Lipinski definition) is 2. The molecule has 134 valence electrons. The number of allylic oxidation sites excluding steroid dienone is 4. The highest BCUT2D eigenvalue weighted by Crippen LogP contribution is 2.31. The number of imidazole rings is 1. The highest BCUT2D eigenvalue weighted by Gasteiger charge is 2.20. The zero-order valence-electron chi connectivity index (χ0n) is 14.4. The van der Waals surface area contributed by atoms with E-state index in [-0.39, 0.29) is 17.4 Å². The summed E-state index contributed by atoms with van der Waals surface area (Å²) in [6.45, 7) is 1.96. The molecule has 0 saturated heterocycles. The van der Waals surface area contributed by atoms with Crippen molar-refractivity contribution in [1.82, 2.24) is 24.6 Å². The Morgan fingerprint density at radius 1 is 1.37 bits per heavy atom. The number of rotatable bonds is 4. The molecule has 27 heavy (non-hydrogen) atoms. The van der Waals surface area contributed by atoms with Crippen molar-refractivity contribution in [2.75, 3.05) is 11.1 Å². The largest absolute Gasteiger partial charge is 0.382 e. The van der Waals surface area contributed by atoms with Gasteiger partial charge in [-0.15, -0.1) is 0 Å². The van der Waals surface area contributed by atoms with E-state index in [1.54, 1.807) is 10.7 Å². The molecule has 0 aliphatic heterocycles. The zero-order valence-corrected chi connectivity index (χ0v) is 15.1. The first-order chi connectivity index (χ1) is 13.1. The first-order valence-electron chi connectivity index (χ1n) is 8.27. The minimum absolute atomic E-state index is 0.137. The van der Waals surface area contributed by atoms with Crippen LogP contribution >= 0.6 is 11.6 Å². The molecule has 0 radical (unpaired) electrons. The Labute approximate surface area is 160 Å². The molecule has 3 heterocycles. The molecule has 3 aromatic rings. The number of nitrogens with one attached hydrogen (secondary N) is 1. The van der Waals surface area contributed by atoms with Crippen LogP contribution in [0.5, 0.6) is 0 Å². The summed E-state index contributed by atoms with van der Waals surface area (Å²) in [6.07, 6.45) is 9.93. The second kappa shape index (κ2) is 6.70. The molecule has 0 aromatic carbocycles. The third-order valence-corrected chi connectivity index (χ3v) is 4.59. The van der Waals surface area contributed by atoms with E-state index in [4.69, 9.17) is 17.3 Å². The minimum atomic E-state index is -0.218. The highest BCUT2D eigenvalue weighted by atomic mass is 35.5. The molecule has 3 aromatic heterocycles. The minimum Gasteiger partial charge on any atom is -0.382 e. The van der Waals surface area contributed by atoms with Crippen LogP contribution in [-0.4, -0.2) is 24.6 Å². The number of halogens is 1. The van der Waals surface area contributed by atoms with Gasteiger partial charge in [0.1, 0.15) is 29.6 Å². The molecule has 1 aliphatic carbocycles. The van der Waals surface area contributed by atoms with E-state index in [2.05, 4.69) is 37.5 Å². The van der Waals surface area contributed by atoms with Gasteiger partial charge in [0.2, 0.25) is 0 Å². The second-order valence-corrected chi connectivity index (χ2v) is 6.44. The Morgan fingerprint density at radius 3 is 2.96 bits per heavy atom. The van der Waals surface area contributed by atoms with Crippen molar-refractivity contribution in [3.63, 3.8) is 0 Å². The van der Waals surface area contributed by atoms with Crippen molar-refractivity contribution in [2.24, 2.45) is 0 Å². The Morgan fingerprint density at radius 2 is 2.22 bits per heavy atom. The van der Waals surface area contributed by atoms with Crippen LogP contribution in [0.1, 0.15) is 36.2 Å². The van der Waals surface area contributed by atoms with Gasteiger partial charge in [0.05, 0.1) is 17.9 Å². The van der Waals surface area contributed by atoms with Crippen LogP contribution in [0, 0.1) is 11.3 Å². The zero-order chi connectivity index (χ0) is 19.0. The number of nitriles is 1. The fourth-order valence-corrected chi connectivity index (χ4v) is 3.16. The van der Waals surface area contributed by atoms with E-state index >= 15 is 0 Å². The summed E-state index contributed by atoms with van der Waals surface area (Å²) in [5, 5.41) is 17.7. The quantitative estimate of drug-likeness (QED) is 0.715. The van der Waals surface area contributed by atoms with Gasteiger partial charge in [-0.3, -0.25) is 0 Å². The lowest BCUT2D eigenvalue weighted by Gasteiger charge is -2.19. The number of nitrogens with two attached hydrogens (primary N) is 1. The van der Waals surface area contributed by atoms with Crippen LogP contribution in [-0.2, 0) is 0 Å². The van der Waals surface area contributed by atoms with Gasteiger partial charge in [0.15, 0.2) is 10.8 Å². The monoisotopic (exact) mass is 378 g/mol. The van der Waals surface area contributed by atoms with Crippen LogP contribution < -0.4 is 11.1 Å². The normalized spacial score (nSPS) is 14.2. The van der Waals surface area contributed by atoms with Gasteiger partial charge in [-0.2, -0.15) is 10.4 Å². The van der Waals surface area contributed by atoms with Crippen LogP contribution in [0.15, 0.2) is 36.8 Å². The van der Waals surface area contributed by atoms with Crippen molar-refractivity contribution in [3.8, 4) is 6.07 Å². The van der Waals surface area contributed by atoms with Gasteiger partial charge >= 0.3 is 0 Å². The molecule has 8 nitrogen and oxygen atoms in total. The molecule has 0 saturated carbocycles. The molecule has 1 aliphatic rings. The Kier molecular flexibility index (Phi) is 4.22. The Balaban J connectivity index is 1.80. The lowest BCUT2D eigenvalue weighted by Crippen LogP contribution is -2.14. The third kappa shape index (κ3) is 2.98. The molecule has 1 atom stereocenters. The van der Waals surface area contributed by atoms with E-state index in [1.807, 2.05) is 25.1 Å². The van der Waals surface area contributed by atoms with Crippen LogP contribution in [0.4, 0.5) is 11.6 Å². The third-order valence-electron chi connectivity index (χ3n) is 4.33. The molecule has 0 fully saturated rings. The molecule has 4 rings (SSSR count). The SMILES string of the molecule is C[C@H](Nc1ncnc(N)c1C#N)c1cc2ncc(Cl)n2nc1C1=CCC=C1. The van der Waals surface area contributed by atoms with Gasteiger partial charge in [-0.25, -0.2) is 19.5 Å². The highest BCUT2D eigenvalue weighted by molar-refractivity contribution is 6.29. The summed E-state index contributed by atoms with van der Waals surface area (Å²) in [5.41, 5.74) is 9.33. The van der Waals surface area contributed by atoms with E-state index < -0.39 is 0 Å². The van der Waals surface area contributed by atoms with Crippen molar-refractivity contribution in [3.05, 3.63) is 58.8 Å². The Bertz CT molecular complexity index is 1140. The number of anilines is 2. The summed E-state index contributed by atoms with van der Waals surface area (Å²) >= 11 is 6.19. The van der Waals surface area contributed by atoms with E-state index in [9.17, 15) is 5.26 Å². The number of nitrogens with zero attached hydrogens (tertiary/aromatic N) is 6. The Hall–Kier alpha value is -3.44. The van der Waals surface area contributed by atoms with Crippen molar-refractivity contribution < 1.29 is 0 Å². The maximum absolute atomic E-state index is 9.35. The predicted molar refractivity (Wildman–Crippen MR) is 103 cm³/mol. The standard InChI is InChI=1S/C18H15ClN8/c1-10(25-18-13(7-20)17(21)23-9-24-18)12-6-15-22-8-14(19)27(15)26-16(12)11-4-2-3-5-11/h2,4-6,8-10H,3H2,1H3,(H3,21,23,24,25)/t10-/m0/s1. The van der Waals surface area contributed by atoms with Gasteiger partial charge in [0.25, 0.3) is 0 Å². The first-order valence-corrected chi connectivity index (χ1v) is 8.64. The van der Waals surface area contributed by atoms with Gasteiger partial charge < -0.3 is 11.1 Å². The molecule has 0 spiro atoms. The second-order valence-electron chi connectivity index (χ2n) is 6.06. The summed E-state index contributed by atoms with van der Waals surface area (Å²) < 4.78 is 1.60. The maximum atomic E-state index is 9.35. The summed E-state index contributed by atoms with van der Waals surface area (Å²) in [6, 6.07) is 3.75. The van der Waals surface area contributed by atoms with Gasteiger partial charge in [-0.05, 0) is 25.0 Å². The summed E-state index contributed by atoms with van der Waals surface area (Å²) in [7, 11) is 0. The smallest absolute Gasteiger partial charge is 0.155 e. The number of fused-ring (bicyclic) bond motifs is 1. The average Bonchev–Trinajstić information content (AvgIpc) is 3.31. The molecule has 3 N–H and O–H groups in total. The van der Waals surface area contributed by atoms with Crippen LogP contribution in [0.3, 0.4) is 0 Å². The van der Waals surface area contributed by atoms with Gasteiger partial charge in [0, 0.05) is 5.56 Å². The molecule has 0 amide bonds. The molecule has 0 bridgehead atoms. The topological polar surface area (TPSA) is 118 Å². The molecule has 0 unspecified atom stereocenters. The van der Waals surface area contributed by atoms with Crippen molar-refractivity contribution >= 4 is 34.5 Å².